The molecule has 1 aromatic carbocycles. The Balaban J connectivity index is 3.02. The van der Waals surface area contributed by atoms with Gasteiger partial charge in [-0.2, -0.15) is 5.26 Å². The molecule has 0 saturated heterocycles. The Labute approximate surface area is 104 Å². The van der Waals surface area contributed by atoms with Crippen molar-refractivity contribution in [2.75, 3.05) is 0 Å². The fourth-order valence-electron chi connectivity index (χ4n) is 1.57. The van der Waals surface area contributed by atoms with Crippen molar-refractivity contribution in [3.63, 3.8) is 0 Å². The fraction of sp³-hybridized carbons (Fsp3) is 0.385. The Morgan fingerprint density at radius 1 is 1.39 bits per heavy atom. The van der Waals surface area contributed by atoms with Gasteiger partial charge in [0.2, 0.25) is 0 Å². The van der Waals surface area contributed by atoms with E-state index in [0.29, 0.717) is 12.8 Å². The zero-order valence-electron chi connectivity index (χ0n) is 10.3. The lowest BCUT2D eigenvalue weighted by molar-refractivity contribution is 0.0911. The summed E-state index contributed by atoms with van der Waals surface area (Å²) in [5.74, 6) is -2.29. The molecule has 0 unspecified atom stereocenters. The van der Waals surface area contributed by atoms with E-state index in [1.54, 1.807) is 13.8 Å². The third kappa shape index (κ3) is 2.83. The lowest BCUT2D eigenvalue weighted by Gasteiger charge is -2.24. The summed E-state index contributed by atoms with van der Waals surface area (Å²) in [5.41, 5.74) is -1.44. The summed E-state index contributed by atoms with van der Waals surface area (Å²) in [7, 11) is 0. The molecule has 0 radical (unpaired) electrons. The number of carbonyl (C=O) groups excluding carboxylic acids is 1. The Morgan fingerprint density at radius 2 is 2.00 bits per heavy atom. The number of carbonyl (C=O) groups is 1. The van der Waals surface area contributed by atoms with Crippen LogP contribution in [0.25, 0.3) is 0 Å². The van der Waals surface area contributed by atoms with Crippen LogP contribution in [0.2, 0.25) is 0 Å². The number of hydrogen-bond acceptors (Lipinski definition) is 2. The largest absolute Gasteiger partial charge is 0.334 e. The van der Waals surface area contributed by atoms with E-state index < -0.39 is 28.6 Å². The second kappa shape index (κ2) is 5.58. The average molecular weight is 252 g/mol. The van der Waals surface area contributed by atoms with Gasteiger partial charge in [-0.15, -0.1) is 0 Å². The van der Waals surface area contributed by atoms with E-state index in [1.165, 1.54) is 0 Å². The number of benzene rings is 1. The van der Waals surface area contributed by atoms with Crippen molar-refractivity contribution in [3.8, 4) is 6.07 Å². The average Bonchev–Trinajstić information content (AvgIpc) is 2.38. The predicted molar refractivity (Wildman–Crippen MR) is 62.8 cm³/mol. The van der Waals surface area contributed by atoms with Gasteiger partial charge in [0.15, 0.2) is 0 Å². The first kappa shape index (κ1) is 14.1. The van der Waals surface area contributed by atoms with E-state index in [-0.39, 0.29) is 0 Å². The second-order valence-corrected chi connectivity index (χ2v) is 3.98. The number of nitrogens with zero attached hydrogens (tertiary/aromatic N) is 1. The lowest BCUT2D eigenvalue weighted by Crippen LogP contribution is -2.46. The summed E-state index contributed by atoms with van der Waals surface area (Å²) < 4.78 is 26.4. The molecule has 0 aliphatic heterocycles. The normalized spacial score (nSPS) is 10.8. The van der Waals surface area contributed by atoms with Crippen molar-refractivity contribution in [1.29, 1.82) is 5.26 Å². The van der Waals surface area contributed by atoms with E-state index >= 15 is 0 Å². The second-order valence-electron chi connectivity index (χ2n) is 3.98. The highest BCUT2D eigenvalue weighted by Gasteiger charge is 2.29. The molecular formula is C13H14F2N2O. The molecule has 0 aliphatic rings. The van der Waals surface area contributed by atoms with Gasteiger partial charge >= 0.3 is 0 Å². The van der Waals surface area contributed by atoms with Gasteiger partial charge < -0.3 is 5.32 Å². The van der Waals surface area contributed by atoms with Crippen molar-refractivity contribution < 1.29 is 13.6 Å². The Morgan fingerprint density at radius 3 is 2.50 bits per heavy atom. The minimum atomic E-state index is -1.05. The maximum atomic E-state index is 13.4. The molecule has 5 heteroatoms. The molecule has 0 fully saturated rings. The number of amides is 1. The molecule has 18 heavy (non-hydrogen) atoms. The highest BCUT2D eigenvalue weighted by atomic mass is 19.1. The summed E-state index contributed by atoms with van der Waals surface area (Å²) in [6.07, 6.45) is 0.783. The molecule has 0 aromatic heterocycles. The first-order valence-electron chi connectivity index (χ1n) is 5.67. The Hall–Kier alpha value is -1.96. The van der Waals surface area contributed by atoms with E-state index in [4.69, 9.17) is 5.26 Å². The number of rotatable bonds is 4. The van der Waals surface area contributed by atoms with Gasteiger partial charge in [-0.05, 0) is 31.0 Å². The van der Waals surface area contributed by atoms with E-state index in [2.05, 4.69) is 5.32 Å². The van der Waals surface area contributed by atoms with Crippen LogP contribution < -0.4 is 5.32 Å². The van der Waals surface area contributed by atoms with Gasteiger partial charge in [0.1, 0.15) is 17.2 Å². The number of halogens is 2. The summed E-state index contributed by atoms with van der Waals surface area (Å²) in [5, 5.41) is 11.5. The molecule has 0 spiro atoms. The maximum Gasteiger partial charge on any atom is 0.255 e. The van der Waals surface area contributed by atoms with Gasteiger partial charge in [-0.3, -0.25) is 4.79 Å². The topological polar surface area (TPSA) is 52.9 Å². The van der Waals surface area contributed by atoms with E-state index in [0.717, 1.165) is 18.2 Å². The SMILES string of the molecule is CCC(C#N)(CC)NC(=O)c1cc(F)ccc1F. The summed E-state index contributed by atoms with van der Waals surface area (Å²) in [6, 6.07) is 4.64. The summed E-state index contributed by atoms with van der Waals surface area (Å²) >= 11 is 0. The third-order valence-electron chi connectivity index (χ3n) is 2.95. The van der Waals surface area contributed by atoms with Crippen molar-refractivity contribution >= 4 is 5.91 Å². The Bertz CT molecular complexity index is 490. The van der Waals surface area contributed by atoms with Gasteiger partial charge in [-0.1, -0.05) is 13.8 Å². The maximum absolute atomic E-state index is 13.4. The van der Waals surface area contributed by atoms with Gasteiger partial charge in [-0.25, -0.2) is 8.78 Å². The molecule has 0 heterocycles. The lowest BCUT2D eigenvalue weighted by atomic mass is 9.94. The fourth-order valence-corrected chi connectivity index (χ4v) is 1.57. The standard InChI is InChI=1S/C13H14F2N2O/c1-3-13(4-2,8-16)17-12(18)10-7-9(14)5-6-11(10)15/h5-7H,3-4H2,1-2H3,(H,17,18). The molecule has 1 amide bonds. The van der Waals surface area contributed by atoms with Crippen molar-refractivity contribution in [2.45, 2.75) is 32.2 Å². The van der Waals surface area contributed by atoms with Gasteiger partial charge in [0.05, 0.1) is 11.6 Å². The molecule has 0 aliphatic carbocycles. The van der Waals surface area contributed by atoms with Crippen LogP contribution in [0.15, 0.2) is 18.2 Å². The number of nitrogens with one attached hydrogen (secondary N) is 1. The van der Waals surface area contributed by atoms with Crippen LogP contribution in [-0.4, -0.2) is 11.4 Å². The summed E-state index contributed by atoms with van der Waals surface area (Å²) in [4.78, 5) is 11.8. The van der Waals surface area contributed by atoms with E-state index in [9.17, 15) is 13.6 Å². The highest BCUT2D eigenvalue weighted by Crippen LogP contribution is 2.16. The predicted octanol–water partition coefficient (Wildman–Crippen LogP) is 2.78. The monoisotopic (exact) mass is 252 g/mol. The third-order valence-corrected chi connectivity index (χ3v) is 2.95. The van der Waals surface area contributed by atoms with Crippen LogP contribution >= 0.6 is 0 Å². The molecule has 1 aromatic rings. The molecule has 1 rings (SSSR count). The summed E-state index contributed by atoms with van der Waals surface area (Å²) in [6.45, 7) is 3.49. The molecule has 96 valence electrons. The molecule has 0 bridgehead atoms. The first-order chi connectivity index (χ1) is 8.48. The zero-order valence-corrected chi connectivity index (χ0v) is 10.3. The quantitative estimate of drug-likeness (QED) is 0.895. The van der Waals surface area contributed by atoms with Crippen molar-refractivity contribution in [2.24, 2.45) is 0 Å². The molecule has 3 nitrogen and oxygen atoms in total. The van der Waals surface area contributed by atoms with Gasteiger partial charge in [0.25, 0.3) is 5.91 Å². The minimum Gasteiger partial charge on any atom is -0.334 e. The molecular weight excluding hydrogens is 238 g/mol. The zero-order chi connectivity index (χ0) is 13.8. The number of hydrogen-bond donors (Lipinski definition) is 1. The van der Waals surface area contributed by atoms with Crippen molar-refractivity contribution in [3.05, 3.63) is 35.4 Å². The molecule has 0 saturated carbocycles. The van der Waals surface area contributed by atoms with Crippen LogP contribution in [0.1, 0.15) is 37.0 Å². The highest BCUT2D eigenvalue weighted by molar-refractivity contribution is 5.95. The van der Waals surface area contributed by atoms with Crippen LogP contribution in [0.4, 0.5) is 8.78 Å². The minimum absolute atomic E-state index is 0.392. The molecule has 1 N–H and O–H groups in total. The van der Waals surface area contributed by atoms with E-state index in [1.807, 2.05) is 6.07 Å². The van der Waals surface area contributed by atoms with Crippen LogP contribution in [-0.2, 0) is 0 Å². The van der Waals surface area contributed by atoms with Crippen LogP contribution in [0.5, 0.6) is 0 Å². The Kier molecular flexibility index (Phi) is 4.38. The molecule has 0 atom stereocenters. The first-order valence-corrected chi connectivity index (χ1v) is 5.67. The van der Waals surface area contributed by atoms with Crippen molar-refractivity contribution in [1.82, 2.24) is 5.32 Å². The van der Waals surface area contributed by atoms with Crippen LogP contribution in [0.3, 0.4) is 0 Å². The van der Waals surface area contributed by atoms with Crippen LogP contribution in [0, 0.1) is 23.0 Å². The number of nitriles is 1. The van der Waals surface area contributed by atoms with Gasteiger partial charge in [0, 0.05) is 0 Å². The smallest absolute Gasteiger partial charge is 0.255 e.